The Morgan fingerprint density at radius 2 is 2.36 bits per heavy atom. The van der Waals surface area contributed by atoms with Crippen molar-refractivity contribution in [2.75, 3.05) is 7.11 Å². The maximum Gasteiger partial charge on any atom is 0.278 e. The fourth-order valence-corrected chi connectivity index (χ4v) is 1.25. The number of methoxy groups -OCH3 is 1. The number of nitrogens with zero attached hydrogens (tertiary/aromatic N) is 3. The van der Waals surface area contributed by atoms with Crippen molar-refractivity contribution in [1.29, 1.82) is 0 Å². The van der Waals surface area contributed by atoms with Gasteiger partial charge in [-0.3, -0.25) is 0 Å². The van der Waals surface area contributed by atoms with E-state index in [9.17, 15) is 0 Å². The first-order valence-electron chi connectivity index (χ1n) is 3.73. The van der Waals surface area contributed by atoms with Crippen molar-refractivity contribution < 1.29 is 13.7 Å². The molecule has 0 bridgehead atoms. The van der Waals surface area contributed by atoms with Crippen molar-refractivity contribution in [2.45, 2.75) is 6.61 Å². The Labute approximate surface area is 92.8 Å². The monoisotopic (exact) mass is 307 g/mol. The number of halogens is 1. The summed E-state index contributed by atoms with van der Waals surface area (Å²) < 4.78 is 15.5. The molecule has 0 aromatic carbocycles. The van der Waals surface area contributed by atoms with Crippen LogP contribution in [-0.2, 0) is 11.3 Å². The van der Waals surface area contributed by atoms with Gasteiger partial charge in [-0.1, -0.05) is 5.16 Å². The van der Waals surface area contributed by atoms with E-state index in [0.29, 0.717) is 27.8 Å². The van der Waals surface area contributed by atoms with Crippen LogP contribution in [0.3, 0.4) is 0 Å². The minimum atomic E-state index is 0.348. The molecule has 0 aliphatic rings. The van der Waals surface area contributed by atoms with E-state index in [-0.39, 0.29) is 0 Å². The molecule has 0 atom stereocenters. The zero-order valence-corrected chi connectivity index (χ0v) is 9.39. The number of hydrogen-bond donors (Lipinski definition) is 0. The van der Waals surface area contributed by atoms with Gasteiger partial charge in [0.25, 0.3) is 9.79 Å². The first-order chi connectivity index (χ1) is 6.79. The Kier molecular flexibility index (Phi) is 2.77. The maximum absolute atomic E-state index is 5.16. The molecule has 7 heteroatoms. The van der Waals surface area contributed by atoms with Crippen LogP contribution in [0.5, 0.6) is 0 Å². The lowest BCUT2D eigenvalue weighted by molar-refractivity contribution is 0.156. The smallest absolute Gasteiger partial charge is 0.278 e. The molecule has 0 fully saturated rings. The largest absolute Gasteiger partial charge is 0.410 e. The van der Waals surface area contributed by atoms with E-state index in [1.807, 2.05) is 22.6 Å². The lowest BCUT2D eigenvalue weighted by Gasteiger charge is -1.87. The van der Waals surface area contributed by atoms with Gasteiger partial charge in [0.1, 0.15) is 6.61 Å². The molecule has 0 amide bonds. The van der Waals surface area contributed by atoms with Gasteiger partial charge in [0.2, 0.25) is 0 Å². The predicted octanol–water partition coefficient (Wildman–Crippen LogP) is 1.48. The van der Waals surface area contributed by atoms with Crippen LogP contribution in [0.25, 0.3) is 11.6 Å². The molecule has 0 N–H and O–H groups in total. The van der Waals surface area contributed by atoms with E-state index in [1.165, 1.54) is 0 Å². The normalized spacial score (nSPS) is 10.7. The Morgan fingerprint density at radius 3 is 3.00 bits per heavy atom. The van der Waals surface area contributed by atoms with Gasteiger partial charge < -0.3 is 13.7 Å². The molecule has 0 radical (unpaired) electrons. The van der Waals surface area contributed by atoms with Crippen LogP contribution in [0.4, 0.5) is 0 Å². The second-order valence-electron chi connectivity index (χ2n) is 2.47. The highest BCUT2D eigenvalue weighted by Gasteiger charge is 2.12. The highest BCUT2D eigenvalue weighted by Crippen LogP contribution is 2.18. The minimum Gasteiger partial charge on any atom is -0.410 e. The third-order valence-corrected chi connectivity index (χ3v) is 1.90. The van der Waals surface area contributed by atoms with Crippen molar-refractivity contribution in [3.05, 3.63) is 15.7 Å². The molecule has 0 aliphatic heterocycles. The van der Waals surface area contributed by atoms with Gasteiger partial charge in [0.15, 0.2) is 11.5 Å². The summed E-state index contributed by atoms with van der Waals surface area (Å²) in [6.45, 7) is 0.373. The Bertz CT molecular complexity index is 425. The van der Waals surface area contributed by atoms with Crippen LogP contribution in [0.2, 0.25) is 0 Å². The SMILES string of the molecule is COCc1cc(-c2nnc(I)o2)no1. The lowest BCUT2D eigenvalue weighted by Crippen LogP contribution is -1.81. The van der Waals surface area contributed by atoms with Crippen LogP contribution < -0.4 is 0 Å². The molecule has 6 nitrogen and oxygen atoms in total. The zero-order valence-electron chi connectivity index (χ0n) is 7.23. The predicted molar refractivity (Wildman–Crippen MR) is 53.2 cm³/mol. The first-order valence-corrected chi connectivity index (χ1v) is 4.81. The third-order valence-electron chi connectivity index (χ3n) is 1.47. The summed E-state index contributed by atoms with van der Waals surface area (Å²) in [5.41, 5.74) is 0.521. The number of rotatable bonds is 3. The van der Waals surface area contributed by atoms with Crippen molar-refractivity contribution in [1.82, 2.24) is 15.4 Å². The van der Waals surface area contributed by atoms with Gasteiger partial charge >= 0.3 is 0 Å². The average Bonchev–Trinajstić information content (AvgIpc) is 2.74. The molecule has 2 aromatic rings. The summed E-state index contributed by atoms with van der Waals surface area (Å²) in [6, 6.07) is 1.70. The Balaban J connectivity index is 2.24. The van der Waals surface area contributed by atoms with Crippen LogP contribution in [0.1, 0.15) is 5.76 Å². The van der Waals surface area contributed by atoms with E-state index < -0.39 is 0 Å². The summed E-state index contributed by atoms with van der Waals surface area (Å²) in [6.07, 6.45) is 0. The molecule has 0 saturated heterocycles. The van der Waals surface area contributed by atoms with Gasteiger partial charge in [-0.05, 0) is 0 Å². The maximum atomic E-state index is 5.16. The molecular weight excluding hydrogens is 301 g/mol. The molecule has 74 valence electrons. The number of hydrogen-bond acceptors (Lipinski definition) is 6. The summed E-state index contributed by atoms with van der Waals surface area (Å²) in [7, 11) is 1.58. The van der Waals surface area contributed by atoms with E-state index >= 15 is 0 Å². The molecule has 0 saturated carbocycles. The van der Waals surface area contributed by atoms with Crippen LogP contribution in [0, 0.1) is 3.90 Å². The molecular formula is C7H6IN3O3. The Hall–Kier alpha value is -0.960. The third kappa shape index (κ3) is 1.93. The molecule has 0 aliphatic carbocycles. The molecule has 0 unspecified atom stereocenters. The number of ether oxygens (including phenoxy) is 1. The molecule has 2 aromatic heterocycles. The van der Waals surface area contributed by atoms with E-state index in [0.717, 1.165) is 0 Å². The van der Waals surface area contributed by atoms with Crippen molar-refractivity contribution in [3.63, 3.8) is 0 Å². The molecule has 14 heavy (non-hydrogen) atoms. The molecule has 2 heterocycles. The van der Waals surface area contributed by atoms with E-state index in [1.54, 1.807) is 13.2 Å². The van der Waals surface area contributed by atoms with Crippen LogP contribution in [0.15, 0.2) is 15.0 Å². The summed E-state index contributed by atoms with van der Waals surface area (Å²) >= 11 is 1.93. The summed E-state index contributed by atoms with van der Waals surface area (Å²) in [5.74, 6) is 0.969. The van der Waals surface area contributed by atoms with Gasteiger partial charge in [-0.25, -0.2) is 0 Å². The topological polar surface area (TPSA) is 74.2 Å². The number of aromatic nitrogens is 3. The van der Waals surface area contributed by atoms with Crippen LogP contribution >= 0.6 is 22.6 Å². The lowest BCUT2D eigenvalue weighted by atomic mass is 10.4. The molecule has 0 spiro atoms. The summed E-state index contributed by atoms with van der Waals surface area (Å²) in [5, 5.41) is 11.2. The quantitative estimate of drug-likeness (QED) is 0.800. The fourth-order valence-electron chi connectivity index (χ4n) is 0.933. The minimum absolute atomic E-state index is 0.348. The van der Waals surface area contributed by atoms with E-state index in [4.69, 9.17) is 13.7 Å². The fraction of sp³-hybridized carbons (Fsp3) is 0.286. The van der Waals surface area contributed by atoms with Crippen molar-refractivity contribution in [3.8, 4) is 11.6 Å². The summed E-state index contributed by atoms with van der Waals surface area (Å²) in [4.78, 5) is 0. The highest BCUT2D eigenvalue weighted by atomic mass is 127. The van der Waals surface area contributed by atoms with Gasteiger partial charge in [-0.2, -0.15) is 0 Å². The van der Waals surface area contributed by atoms with Gasteiger partial charge in [0, 0.05) is 35.8 Å². The van der Waals surface area contributed by atoms with Crippen molar-refractivity contribution >= 4 is 22.6 Å². The second-order valence-corrected chi connectivity index (χ2v) is 3.39. The first kappa shape index (κ1) is 9.59. The Morgan fingerprint density at radius 1 is 1.50 bits per heavy atom. The van der Waals surface area contributed by atoms with Crippen LogP contribution in [-0.4, -0.2) is 22.5 Å². The second kappa shape index (κ2) is 4.05. The highest BCUT2D eigenvalue weighted by molar-refractivity contribution is 14.1. The van der Waals surface area contributed by atoms with Gasteiger partial charge in [0.05, 0.1) is 0 Å². The molecule has 2 rings (SSSR count). The van der Waals surface area contributed by atoms with Gasteiger partial charge in [-0.15, -0.1) is 10.2 Å². The van der Waals surface area contributed by atoms with E-state index in [2.05, 4.69) is 15.4 Å². The standard InChI is InChI=1S/C7H6IN3O3/c1-12-3-4-2-5(11-14-4)6-9-10-7(8)13-6/h2H,3H2,1H3. The van der Waals surface area contributed by atoms with Crippen molar-refractivity contribution in [2.24, 2.45) is 0 Å². The average molecular weight is 307 g/mol. The zero-order chi connectivity index (χ0) is 9.97.